The number of esters is 1. The number of ether oxygens (including phenoxy) is 2. The summed E-state index contributed by atoms with van der Waals surface area (Å²) in [5.74, 6) is -0.0701. The molecule has 0 spiro atoms. The average Bonchev–Trinajstić information content (AvgIpc) is 2.96. The summed E-state index contributed by atoms with van der Waals surface area (Å²) in [4.78, 5) is 24.3. The molecule has 1 unspecified atom stereocenters. The van der Waals surface area contributed by atoms with Gasteiger partial charge in [0.1, 0.15) is 6.04 Å². The molecule has 0 bridgehead atoms. The van der Waals surface area contributed by atoms with Crippen LogP contribution in [0.5, 0.6) is 5.75 Å². The van der Waals surface area contributed by atoms with Gasteiger partial charge in [-0.2, -0.15) is 0 Å². The van der Waals surface area contributed by atoms with Gasteiger partial charge in [0.15, 0.2) is 5.75 Å². The van der Waals surface area contributed by atoms with Crippen LogP contribution in [0.4, 0.5) is 11.4 Å². The minimum absolute atomic E-state index is 0.0897. The van der Waals surface area contributed by atoms with Crippen LogP contribution in [0.3, 0.4) is 0 Å². The number of carbonyl (C=O) groups excluding carboxylic acids is 1. The van der Waals surface area contributed by atoms with Gasteiger partial charge >= 0.3 is 11.7 Å². The highest BCUT2D eigenvalue weighted by Gasteiger charge is 2.32. The molecule has 1 saturated heterocycles. The van der Waals surface area contributed by atoms with Gasteiger partial charge < -0.3 is 14.4 Å². The molecule has 0 N–H and O–H groups in total. The van der Waals surface area contributed by atoms with Gasteiger partial charge in [-0.1, -0.05) is 0 Å². The van der Waals surface area contributed by atoms with E-state index in [1.165, 1.54) is 13.2 Å². The number of hydrogen-bond donors (Lipinski definition) is 0. The highest BCUT2D eigenvalue weighted by Crippen LogP contribution is 2.34. The number of rotatable bonds is 5. The second-order valence-corrected chi connectivity index (χ2v) is 4.72. The van der Waals surface area contributed by atoms with Gasteiger partial charge in [0.25, 0.3) is 0 Å². The predicted molar refractivity (Wildman–Crippen MR) is 76.6 cm³/mol. The number of carbonyl (C=O) groups is 1. The molecule has 0 radical (unpaired) electrons. The fourth-order valence-electron chi connectivity index (χ4n) is 2.56. The zero-order valence-corrected chi connectivity index (χ0v) is 12.1. The minimum atomic E-state index is -0.491. The largest absolute Gasteiger partial charge is 0.490 e. The lowest BCUT2D eigenvalue weighted by Gasteiger charge is -2.25. The van der Waals surface area contributed by atoms with E-state index in [2.05, 4.69) is 0 Å². The predicted octanol–water partition coefficient (Wildman–Crippen LogP) is 2.14. The van der Waals surface area contributed by atoms with Crippen LogP contribution < -0.4 is 9.64 Å². The average molecular weight is 294 g/mol. The van der Waals surface area contributed by atoms with Crippen molar-refractivity contribution in [2.45, 2.75) is 25.8 Å². The Bertz CT molecular complexity index is 546. The molecule has 0 saturated carbocycles. The molecule has 0 amide bonds. The highest BCUT2D eigenvalue weighted by molar-refractivity contribution is 5.81. The van der Waals surface area contributed by atoms with E-state index in [4.69, 9.17) is 9.47 Å². The summed E-state index contributed by atoms with van der Waals surface area (Å²) in [6, 6.07) is 4.29. The molecule has 1 atom stereocenters. The van der Waals surface area contributed by atoms with Crippen LogP contribution in [0.2, 0.25) is 0 Å². The molecule has 1 aliphatic rings. The molecular formula is C14H18N2O5. The first-order valence-electron chi connectivity index (χ1n) is 6.84. The molecule has 21 heavy (non-hydrogen) atoms. The molecule has 7 nitrogen and oxygen atoms in total. The number of benzene rings is 1. The summed E-state index contributed by atoms with van der Waals surface area (Å²) in [6.45, 7) is 2.82. The lowest BCUT2D eigenvalue weighted by Crippen LogP contribution is -2.37. The first-order chi connectivity index (χ1) is 10.1. The van der Waals surface area contributed by atoms with Crippen LogP contribution in [0, 0.1) is 10.1 Å². The Hall–Kier alpha value is -2.31. The van der Waals surface area contributed by atoms with Gasteiger partial charge in [-0.15, -0.1) is 0 Å². The molecule has 1 aromatic carbocycles. The summed E-state index contributed by atoms with van der Waals surface area (Å²) in [5, 5.41) is 10.9. The molecule has 7 heteroatoms. The Morgan fingerprint density at radius 2 is 2.29 bits per heavy atom. The molecule has 1 heterocycles. The van der Waals surface area contributed by atoms with E-state index in [0.717, 1.165) is 18.5 Å². The quantitative estimate of drug-likeness (QED) is 0.470. The van der Waals surface area contributed by atoms with E-state index in [1.807, 2.05) is 4.90 Å². The van der Waals surface area contributed by atoms with E-state index in [-0.39, 0.29) is 23.4 Å². The zero-order chi connectivity index (χ0) is 15.4. The van der Waals surface area contributed by atoms with E-state index >= 15 is 0 Å². The Balaban J connectivity index is 2.28. The molecule has 0 aliphatic carbocycles. The number of nitro groups is 1. The Morgan fingerprint density at radius 3 is 2.90 bits per heavy atom. The maximum atomic E-state index is 12.0. The van der Waals surface area contributed by atoms with E-state index < -0.39 is 4.92 Å². The molecular weight excluding hydrogens is 276 g/mol. The van der Waals surface area contributed by atoms with Crippen LogP contribution >= 0.6 is 0 Å². The van der Waals surface area contributed by atoms with Crippen LogP contribution in [-0.4, -0.2) is 37.2 Å². The SMILES string of the molecule is CCOC(=O)C1CCCN1c1ccc([N+](=O)[O-])c(OC)c1. The van der Waals surface area contributed by atoms with Gasteiger partial charge in [-0.05, 0) is 25.8 Å². The van der Waals surface area contributed by atoms with Gasteiger partial charge in [0, 0.05) is 24.4 Å². The second kappa shape index (κ2) is 6.43. The van der Waals surface area contributed by atoms with Gasteiger partial charge in [0.2, 0.25) is 0 Å². The van der Waals surface area contributed by atoms with Crippen molar-refractivity contribution in [3.63, 3.8) is 0 Å². The van der Waals surface area contributed by atoms with Crippen molar-refractivity contribution in [3.05, 3.63) is 28.3 Å². The van der Waals surface area contributed by atoms with Crippen LogP contribution in [0.1, 0.15) is 19.8 Å². The summed E-state index contributed by atoms with van der Waals surface area (Å²) in [7, 11) is 1.39. The van der Waals surface area contributed by atoms with Crippen molar-refractivity contribution in [3.8, 4) is 5.75 Å². The lowest BCUT2D eigenvalue weighted by molar-refractivity contribution is -0.385. The number of nitrogens with zero attached hydrogens (tertiary/aromatic N) is 2. The van der Waals surface area contributed by atoms with Crippen molar-refractivity contribution in [2.24, 2.45) is 0 Å². The normalized spacial score (nSPS) is 17.6. The molecule has 1 aromatic rings. The minimum Gasteiger partial charge on any atom is -0.490 e. The summed E-state index contributed by atoms with van der Waals surface area (Å²) >= 11 is 0. The summed E-state index contributed by atoms with van der Waals surface area (Å²) in [5.41, 5.74) is 0.640. The highest BCUT2D eigenvalue weighted by atomic mass is 16.6. The molecule has 1 fully saturated rings. The molecule has 1 aliphatic heterocycles. The maximum absolute atomic E-state index is 12.0. The first-order valence-corrected chi connectivity index (χ1v) is 6.84. The van der Waals surface area contributed by atoms with Crippen molar-refractivity contribution in [2.75, 3.05) is 25.2 Å². The third-order valence-corrected chi connectivity index (χ3v) is 3.50. The topological polar surface area (TPSA) is 81.9 Å². The third kappa shape index (κ3) is 3.07. The standard InChI is InChI=1S/C14H18N2O5/c1-3-21-14(17)12-5-4-8-15(12)10-6-7-11(16(18)19)13(9-10)20-2/h6-7,9,12H,3-5,8H2,1-2H3. The van der Waals surface area contributed by atoms with Gasteiger partial charge in [-0.3, -0.25) is 10.1 Å². The fourth-order valence-corrected chi connectivity index (χ4v) is 2.56. The fraction of sp³-hybridized carbons (Fsp3) is 0.500. The molecule has 2 rings (SSSR count). The summed E-state index contributed by atoms with van der Waals surface area (Å²) in [6.07, 6.45) is 1.60. The van der Waals surface area contributed by atoms with Crippen LogP contribution in [-0.2, 0) is 9.53 Å². The van der Waals surface area contributed by atoms with Crippen molar-refractivity contribution in [1.82, 2.24) is 0 Å². The number of nitro benzene ring substituents is 1. The Kier molecular flexibility index (Phi) is 4.62. The number of methoxy groups -OCH3 is 1. The number of hydrogen-bond acceptors (Lipinski definition) is 6. The van der Waals surface area contributed by atoms with Crippen molar-refractivity contribution >= 4 is 17.3 Å². The van der Waals surface area contributed by atoms with Gasteiger partial charge in [-0.25, -0.2) is 4.79 Å². The van der Waals surface area contributed by atoms with Crippen molar-refractivity contribution < 1.29 is 19.2 Å². The lowest BCUT2D eigenvalue weighted by atomic mass is 10.2. The Morgan fingerprint density at radius 1 is 1.52 bits per heavy atom. The molecule has 0 aromatic heterocycles. The van der Waals surface area contributed by atoms with Crippen LogP contribution in [0.25, 0.3) is 0 Å². The second-order valence-electron chi connectivity index (χ2n) is 4.72. The molecule has 114 valence electrons. The first kappa shape index (κ1) is 15.1. The Labute approximate surface area is 122 Å². The monoisotopic (exact) mass is 294 g/mol. The summed E-state index contributed by atoms with van der Waals surface area (Å²) < 4.78 is 10.1. The zero-order valence-electron chi connectivity index (χ0n) is 12.1. The third-order valence-electron chi connectivity index (χ3n) is 3.50. The van der Waals surface area contributed by atoms with E-state index in [0.29, 0.717) is 13.2 Å². The van der Waals surface area contributed by atoms with E-state index in [9.17, 15) is 14.9 Å². The van der Waals surface area contributed by atoms with Crippen molar-refractivity contribution in [1.29, 1.82) is 0 Å². The van der Waals surface area contributed by atoms with E-state index in [1.54, 1.807) is 19.1 Å². The van der Waals surface area contributed by atoms with Crippen LogP contribution in [0.15, 0.2) is 18.2 Å². The van der Waals surface area contributed by atoms with Gasteiger partial charge in [0.05, 0.1) is 18.6 Å². The smallest absolute Gasteiger partial charge is 0.328 e. The number of anilines is 1. The maximum Gasteiger partial charge on any atom is 0.328 e.